The van der Waals surface area contributed by atoms with Crippen LogP contribution >= 0.6 is 0 Å². The molecule has 2 aromatic carbocycles. The van der Waals surface area contributed by atoms with Crippen molar-refractivity contribution >= 4 is 28.5 Å². The molecule has 0 radical (unpaired) electrons. The lowest BCUT2D eigenvalue weighted by Gasteiger charge is -2.16. The van der Waals surface area contributed by atoms with Crippen LogP contribution in [0, 0.1) is 35.0 Å². The molecule has 1 aliphatic heterocycles. The van der Waals surface area contributed by atoms with Crippen LogP contribution in [-0.2, 0) is 9.59 Å². The first-order valence-electron chi connectivity index (χ1n) is 12.3. The van der Waals surface area contributed by atoms with E-state index in [1.54, 1.807) is 0 Å². The molecular weight excluding hydrogens is 539 g/mol. The number of fused-ring (bicyclic) bond motifs is 1. The van der Waals surface area contributed by atoms with E-state index in [-0.39, 0.29) is 52.7 Å². The Kier molecular flexibility index (Phi) is 6.11. The van der Waals surface area contributed by atoms with Gasteiger partial charge in [0.05, 0.1) is 11.4 Å². The van der Waals surface area contributed by atoms with Crippen LogP contribution in [0.15, 0.2) is 30.6 Å². The maximum Gasteiger partial charge on any atom is 0.290 e. The molecule has 1 saturated heterocycles. The highest BCUT2D eigenvalue weighted by Gasteiger charge is 2.39. The number of hydrogen-bond acceptors (Lipinski definition) is 7. The van der Waals surface area contributed by atoms with Gasteiger partial charge in [0.2, 0.25) is 23.2 Å². The number of anilines is 1. The van der Waals surface area contributed by atoms with E-state index in [0.29, 0.717) is 25.8 Å². The molecule has 0 bridgehead atoms. The van der Waals surface area contributed by atoms with Crippen molar-refractivity contribution < 1.29 is 36.3 Å². The van der Waals surface area contributed by atoms with Gasteiger partial charge in [-0.05, 0) is 31.4 Å². The number of halogens is 5. The summed E-state index contributed by atoms with van der Waals surface area (Å²) in [7, 11) is 0. The second kappa shape index (κ2) is 9.54. The quantitative estimate of drug-likeness (QED) is 0.213. The summed E-state index contributed by atoms with van der Waals surface area (Å²) in [5.41, 5.74) is 6.31. The molecule has 6 rings (SSSR count). The van der Waals surface area contributed by atoms with E-state index in [9.17, 15) is 27.2 Å². The van der Waals surface area contributed by atoms with Gasteiger partial charge in [0.25, 0.3) is 5.91 Å². The van der Waals surface area contributed by atoms with E-state index in [1.807, 2.05) is 0 Å². The Morgan fingerprint density at radius 2 is 1.68 bits per heavy atom. The van der Waals surface area contributed by atoms with E-state index in [0.717, 1.165) is 12.1 Å². The molecule has 2 aliphatic rings. The van der Waals surface area contributed by atoms with E-state index >= 15 is 4.39 Å². The first-order chi connectivity index (χ1) is 19.1. The Labute approximate surface area is 222 Å². The summed E-state index contributed by atoms with van der Waals surface area (Å²) in [6, 6.07) is 2.72. The van der Waals surface area contributed by atoms with E-state index < -0.39 is 52.3 Å². The lowest BCUT2D eigenvalue weighted by Crippen LogP contribution is -2.35. The molecule has 9 nitrogen and oxygen atoms in total. The smallest absolute Gasteiger partial charge is 0.290 e. The zero-order valence-corrected chi connectivity index (χ0v) is 20.5. The second-order valence-corrected chi connectivity index (χ2v) is 9.62. The molecule has 14 heteroatoms. The third-order valence-corrected chi connectivity index (χ3v) is 6.96. The minimum Gasteiger partial charge on any atom is -0.451 e. The predicted octanol–water partition coefficient (Wildman–Crippen LogP) is 4.32. The molecule has 3 heterocycles. The van der Waals surface area contributed by atoms with E-state index in [4.69, 9.17) is 10.5 Å². The topological polar surface area (TPSA) is 116 Å². The van der Waals surface area contributed by atoms with Gasteiger partial charge in [-0.2, -0.15) is 13.9 Å². The highest BCUT2D eigenvalue weighted by atomic mass is 19.2. The van der Waals surface area contributed by atoms with Crippen LogP contribution in [-0.4, -0.2) is 49.4 Å². The first kappa shape index (κ1) is 25.6. The Balaban J connectivity index is 1.33. The second-order valence-electron chi connectivity index (χ2n) is 9.62. The summed E-state index contributed by atoms with van der Waals surface area (Å²) < 4.78 is 76.9. The summed E-state index contributed by atoms with van der Waals surface area (Å²) in [5.74, 6) is -10.8. The molecule has 1 saturated carbocycles. The molecule has 2 aromatic heterocycles. The minimum absolute atomic E-state index is 0.000181. The normalized spacial score (nSPS) is 17.0. The number of likely N-dealkylation sites (tertiary alicyclic amines) is 1. The van der Waals surface area contributed by atoms with Crippen molar-refractivity contribution in [1.82, 2.24) is 24.6 Å². The zero-order valence-electron chi connectivity index (χ0n) is 20.5. The first-order valence-corrected chi connectivity index (χ1v) is 12.3. The Hall–Kier alpha value is -4.62. The van der Waals surface area contributed by atoms with Gasteiger partial charge in [-0.1, -0.05) is 0 Å². The van der Waals surface area contributed by atoms with Crippen molar-refractivity contribution in [3.8, 4) is 22.8 Å². The monoisotopic (exact) mass is 558 g/mol. The minimum atomic E-state index is -1.78. The number of aromatic nitrogens is 4. The van der Waals surface area contributed by atoms with Crippen molar-refractivity contribution in [2.24, 2.45) is 5.92 Å². The number of hydrogen-bond donors (Lipinski definition) is 1. The molecule has 1 aliphatic carbocycles. The molecule has 1 atom stereocenters. The van der Waals surface area contributed by atoms with Gasteiger partial charge >= 0.3 is 0 Å². The lowest BCUT2D eigenvalue weighted by atomic mass is 10.1. The summed E-state index contributed by atoms with van der Waals surface area (Å²) in [6.45, 7) is 0.515. The van der Waals surface area contributed by atoms with Gasteiger partial charge in [0.15, 0.2) is 17.3 Å². The molecular formula is C26H19F5N6O3. The Morgan fingerprint density at radius 3 is 2.35 bits per heavy atom. The highest BCUT2D eigenvalue weighted by molar-refractivity contribution is 6.37. The molecule has 1 amide bonds. The highest BCUT2D eigenvalue weighted by Crippen LogP contribution is 2.38. The standard InChI is InChI=1S/C26H19F5N6O3/c27-15-7-13(40-23-19(30)16(28)8-17(29)20(23)31)3-4-14(15)21-18-24(32)33-10-34-25(18)37(35-21)12-5-6-36(9-12)26(39)22(38)11-1-2-11/h3-4,7-8,10-12H,1-2,5-6,9H2,(H2,32,33,34). The van der Waals surface area contributed by atoms with Crippen LogP contribution in [0.25, 0.3) is 22.3 Å². The summed E-state index contributed by atoms with van der Waals surface area (Å²) in [4.78, 5) is 34.5. The van der Waals surface area contributed by atoms with Crippen molar-refractivity contribution in [2.45, 2.75) is 25.3 Å². The van der Waals surface area contributed by atoms with Gasteiger partial charge in [-0.15, -0.1) is 0 Å². The number of nitrogens with two attached hydrogens (primary N) is 1. The van der Waals surface area contributed by atoms with Crippen molar-refractivity contribution in [1.29, 1.82) is 0 Å². The Bertz CT molecular complexity index is 1680. The van der Waals surface area contributed by atoms with Gasteiger partial charge in [0.1, 0.15) is 29.4 Å². The van der Waals surface area contributed by atoms with Crippen LogP contribution in [0.3, 0.4) is 0 Å². The fourth-order valence-corrected chi connectivity index (χ4v) is 4.75. The van der Waals surface area contributed by atoms with Gasteiger partial charge in [-0.3, -0.25) is 9.59 Å². The molecule has 1 unspecified atom stereocenters. The number of ketones is 1. The number of carbonyl (C=O) groups excluding carboxylic acids is 2. The van der Waals surface area contributed by atoms with Gasteiger partial charge in [-0.25, -0.2) is 27.8 Å². The third kappa shape index (κ3) is 4.28. The van der Waals surface area contributed by atoms with Gasteiger partial charge < -0.3 is 15.4 Å². The van der Waals surface area contributed by atoms with Crippen LogP contribution in [0.1, 0.15) is 25.3 Å². The molecule has 0 spiro atoms. The van der Waals surface area contributed by atoms with Gasteiger partial charge in [0, 0.05) is 36.7 Å². The van der Waals surface area contributed by atoms with Crippen molar-refractivity contribution in [3.05, 3.63) is 59.7 Å². The molecule has 2 fully saturated rings. The third-order valence-electron chi connectivity index (χ3n) is 6.96. The molecule has 4 aromatic rings. The van der Waals surface area contributed by atoms with Crippen LogP contribution in [0.5, 0.6) is 11.5 Å². The number of rotatable bonds is 6. The molecule has 206 valence electrons. The average molecular weight is 558 g/mol. The maximum absolute atomic E-state index is 15.3. The van der Waals surface area contributed by atoms with Crippen LogP contribution in [0.4, 0.5) is 27.8 Å². The number of benzene rings is 2. The SMILES string of the molecule is Nc1ncnc2c1c(-c1ccc(Oc3c(F)c(F)cc(F)c3F)cc1F)nn2C1CCN(C(=O)C(=O)C2CC2)C1. The predicted molar refractivity (Wildman–Crippen MR) is 129 cm³/mol. The fraction of sp³-hybridized carbons (Fsp3) is 0.269. The average Bonchev–Trinajstić information content (AvgIpc) is 3.54. The van der Waals surface area contributed by atoms with Crippen molar-refractivity contribution in [3.63, 3.8) is 0 Å². The van der Waals surface area contributed by atoms with Crippen molar-refractivity contribution in [2.75, 3.05) is 18.8 Å². The molecule has 40 heavy (non-hydrogen) atoms. The number of nitrogen functional groups attached to an aromatic ring is 1. The number of amides is 1. The number of Topliss-reactive ketones (excluding diaryl/α,β-unsaturated/α-hetero) is 1. The lowest BCUT2D eigenvalue weighted by molar-refractivity contribution is -0.144. The van der Waals surface area contributed by atoms with Crippen LogP contribution < -0.4 is 10.5 Å². The fourth-order valence-electron chi connectivity index (χ4n) is 4.75. The summed E-state index contributed by atoms with van der Waals surface area (Å²) >= 11 is 0. The summed E-state index contributed by atoms with van der Waals surface area (Å²) in [6.07, 6.45) is 3.09. The number of carbonyl (C=O) groups is 2. The largest absolute Gasteiger partial charge is 0.451 e. The Morgan fingerprint density at radius 1 is 0.950 bits per heavy atom. The zero-order chi connectivity index (χ0) is 28.3. The molecule has 2 N–H and O–H groups in total. The van der Waals surface area contributed by atoms with E-state index in [2.05, 4.69) is 15.1 Å². The van der Waals surface area contributed by atoms with E-state index in [1.165, 1.54) is 22.0 Å². The number of ether oxygens (including phenoxy) is 1. The number of nitrogens with zero attached hydrogens (tertiary/aromatic N) is 5. The maximum atomic E-state index is 15.3. The summed E-state index contributed by atoms with van der Waals surface area (Å²) in [5, 5.41) is 4.75. The van der Waals surface area contributed by atoms with Crippen LogP contribution in [0.2, 0.25) is 0 Å².